The van der Waals surface area contributed by atoms with Gasteiger partial charge in [-0.1, -0.05) is 18.2 Å². The first kappa shape index (κ1) is 12.8. The molecule has 6 heteroatoms. The second kappa shape index (κ2) is 6.26. The van der Waals surface area contributed by atoms with Crippen LogP contribution in [0.2, 0.25) is 0 Å². The largest absolute Gasteiger partial charge is 0.481 e. The number of carboxylic acids is 1. The number of carboxylic acid groups (broad SMARTS) is 1. The van der Waals surface area contributed by atoms with Crippen LogP contribution in [-0.4, -0.2) is 29.7 Å². The molecule has 0 aromatic heterocycles. The first-order valence-corrected chi connectivity index (χ1v) is 4.39. The van der Waals surface area contributed by atoms with E-state index in [0.717, 1.165) is 0 Å². The molecule has 0 rings (SSSR count). The van der Waals surface area contributed by atoms with Crippen molar-refractivity contribution in [3.05, 3.63) is 11.6 Å². The maximum atomic E-state index is 11.0. The molecule has 3 N–H and O–H groups in total. The van der Waals surface area contributed by atoms with Gasteiger partial charge in [-0.15, -0.1) is 0 Å². The zero-order valence-corrected chi connectivity index (χ0v) is 8.60. The fourth-order valence-electron chi connectivity index (χ4n) is 0.764. The lowest BCUT2D eigenvalue weighted by atomic mass is 10.2. The molecule has 5 nitrogen and oxygen atoms in total. The molecule has 0 aliphatic rings. The van der Waals surface area contributed by atoms with Gasteiger partial charge in [-0.05, 0) is 6.92 Å². The molecule has 0 aliphatic heterocycles. The monoisotopic (exact) mass is 220 g/mol. The van der Waals surface area contributed by atoms with Gasteiger partial charge in [0, 0.05) is 11.1 Å². The van der Waals surface area contributed by atoms with Crippen LogP contribution in [0.4, 0.5) is 4.79 Å². The molecule has 0 radical (unpaired) electrons. The van der Waals surface area contributed by atoms with Crippen molar-refractivity contribution in [3.63, 3.8) is 0 Å². The lowest BCUT2D eigenvalue weighted by molar-refractivity contribution is -0.137. The molecule has 0 saturated heterocycles. The van der Waals surface area contributed by atoms with Gasteiger partial charge in [-0.3, -0.25) is 4.79 Å². The van der Waals surface area contributed by atoms with Gasteiger partial charge in [0.05, 0.1) is 13.0 Å². The van der Waals surface area contributed by atoms with Crippen molar-refractivity contribution in [1.29, 1.82) is 0 Å². The van der Waals surface area contributed by atoms with E-state index in [1.165, 1.54) is 0 Å². The Morgan fingerprint density at radius 2 is 2.14 bits per heavy atom. The van der Waals surface area contributed by atoms with E-state index in [4.69, 9.17) is 16.7 Å². The van der Waals surface area contributed by atoms with E-state index in [-0.39, 0.29) is 13.0 Å². The Kier molecular flexibility index (Phi) is 5.71. The Morgan fingerprint density at radius 3 is 2.57 bits per heavy atom. The van der Waals surface area contributed by atoms with Crippen LogP contribution in [0.1, 0.15) is 13.3 Å². The van der Waals surface area contributed by atoms with Crippen LogP contribution in [0, 0.1) is 0 Å². The average Bonchev–Trinajstić information content (AvgIpc) is 1.98. The van der Waals surface area contributed by atoms with Gasteiger partial charge in [0.15, 0.2) is 0 Å². The molecule has 0 spiro atoms. The first-order valence-electron chi connectivity index (χ1n) is 4.01. The standard InChI is InChI=1S/C8H13ClN2O3/c1-5(9)4-10-8(14)11-6(2)3-7(12)13/h6H,1,3-4H2,2H3,(H,12,13)(H2,10,11,14). The molecule has 0 aliphatic carbocycles. The average molecular weight is 221 g/mol. The predicted molar refractivity (Wildman–Crippen MR) is 53.2 cm³/mol. The third-order valence-corrected chi connectivity index (χ3v) is 1.43. The van der Waals surface area contributed by atoms with E-state index in [9.17, 15) is 9.59 Å². The quantitative estimate of drug-likeness (QED) is 0.644. The third kappa shape index (κ3) is 7.42. The van der Waals surface area contributed by atoms with E-state index in [1.807, 2.05) is 0 Å². The number of carbonyl (C=O) groups excluding carboxylic acids is 1. The molecule has 0 heterocycles. The topological polar surface area (TPSA) is 78.4 Å². The van der Waals surface area contributed by atoms with Gasteiger partial charge in [-0.2, -0.15) is 0 Å². The summed E-state index contributed by atoms with van der Waals surface area (Å²) in [6.07, 6.45) is -0.116. The summed E-state index contributed by atoms with van der Waals surface area (Å²) in [6, 6.07) is -0.878. The molecule has 1 atom stereocenters. The number of carbonyl (C=O) groups is 2. The van der Waals surface area contributed by atoms with Gasteiger partial charge >= 0.3 is 12.0 Å². The van der Waals surface area contributed by atoms with Crippen molar-refractivity contribution < 1.29 is 14.7 Å². The SMILES string of the molecule is C=C(Cl)CNC(=O)NC(C)CC(=O)O. The van der Waals surface area contributed by atoms with Crippen molar-refractivity contribution >= 4 is 23.6 Å². The van der Waals surface area contributed by atoms with E-state index in [1.54, 1.807) is 6.92 Å². The van der Waals surface area contributed by atoms with E-state index in [2.05, 4.69) is 17.2 Å². The third-order valence-electron chi connectivity index (χ3n) is 1.30. The molecule has 14 heavy (non-hydrogen) atoms. The van der Waals surface area contributed by atoms with Gasteiger partial charge < -0.3 is 15.7 Å². The number of aliphatic carboxylic acids is 1. The summed E-state index contributed by atoms with van der Waals surface area (Å²) in [4.78, 5) is 21.3. The molecule has 2 amide bonds. The molecular weight excluding hydrogens is 208 g/mol. The molecule has 80 valence electrons. The van der Waals surface area contributed by atoms with Crippen molar-refractivity contribution in [2.75, 3.05) is 6.54 Å². The van der Waals surface area contributed by atoms with E-state index < -0.39 is 18.0 Å². The minimum atomic E-state index is -0.959. The van der Waals surface area contributed by atoms with Crippen molar-refractivity contribution in [2.45, 2.75) is 19.4 Å². The lowest BCUT2D eigenvalue weighted by Gasteiger charge is -2.11. The lowest BCUT2D eigenvalue weighted by Crippen LogP contribution is -2.41. The highest BCUT2D eigenvalue weighted by Crippen LogP contribution is 1.93. The van der Waals surface area contributed by atoms with Crippen LogP contribution in [0.3, 0.4) is 0 Å². The molecule has 0 aromatic carbocycles. The maximum absolute atomic E-state index is 11.0. The summed E-state index contributed by atoms with van der Waals surface area (Å²) in [7, 11) is 0. The first-order chi connectivity index (χ1) is 6.41. The van der Waals surface area contributed by atoms with E-state index >= 15 is 0 Å². The van der Waals surface area contributed by atoms with E-state index in [0.29, 0.717) is 5.03 Å². The van der Waals surface area contributed by atoms with Gasteiger partial charge in [-0.25, -0.2) is 4.79 Å². The molecular formula is C8H13ClN2O3. The number of rotatable bonds is 5. The Hall–Kier alpha value is -1.23. The number of hydrogen-bond donors (Lipinski definition) is 3. The maximum Gasteiger partial charge on any atom is 0.315 e. The van der Waals surface area contributed by atoms with Crippen molar-refractivity contribution in [1.82, 2.24) is 10.6 Å². The number of urea groups is 1. The second-order valence-electron chi connectivity index (χ2n) is 2.84. The van der Waals surface area contributed by atoms with Crippen LogP contribution >= 0.6 is 11.6 Å². The summed E-state index contributed by atoms with van der Waals surface area (Å²) in [5.41, 5.74) is 0. The summed E-state index contributed by atoms with van der Waals surface area (Å²) >= 11 is 5.41. The van der Waals surface area contributed by atoms with Crippen molar-refractivity contribution in [3.8, 4) is 0 Å². The molecule has 1 unspecified atom stereocenters. The van der Waals surface area contributed by atoms with Crippen LogP contribution in [0.25, 0.3) is 0 Å². The molecule has 0 bridgehead atoms. The zero-order chi connectivity index (χ0) is 11.1. The summed E-state index contributed by atoms with van der Waals surface area (Å²) in [6.45, 7) is 5.14. The van der Waals surface area contributed by atoms with Gasteiger partial charge in [0.1, 0.15) is 0 Å². The zero-order valence-electron chi connectivity index (χ0n) is 7.84. The highest BCUT2D eigenvalue weighted by Gasteiger charge is 2.09. The normalized spacial score (nSPS) is 11.6. The van der Waals surface area contributed by atoms with Crippen LogP contribution < -0.4 is 10.6 Å². The Balaban J connectivity index is 3.71. The highest BCUT2D eigenvalue weighted by atomic mass is 35.5. The molecule has 0 saturated carbocycles. The summed E-state index contributed by atoms with van der Waals surface area (Å²) < 4.78 is 0. The minimum Gasteiger partial charge on any atom is -0.481 e. The number of halogens is 1. The fourth-order valence-corrected chi connectivity index (χ4v) is 0.831. The number of nitrogens with one attached hydrogen (secondary N) is 2. The summed E-state index contributed by atoms with van der Waals surface area (Å²) in [5.74, 6) is -0.959. The summed E-state index contributed by atoms with van der Waals surface area (Å²) in [5, 5.41) is 13.6. The Bertz CT molecular complexity index is 243. The highest BCUT2D eigenvalue weighted by molar-refractivity contribution is 6.29. The Morgan fingerprint density at radius 1 is 1.57 bits per heavy atom. The van der Waals surface area contributed by atoms with Gasteiger partial charge in [0.2, 0.25) is 0 Å². The molecule has 0 fully saturated rings. The molecule has 0 aromatic rings. The van der Waals surface area contributed by atoms with Crippen LogP contribution in [0.15, 0.2) is 11.6 Å². The number of hydrogen-bond acceptors (Lipinski definition) is 2. The van der Waals surface area contributed by atoms with Crippen molar-refractivity contribution in [2.24, 2.45) is 0 Å². The number of amides is 2. The Labute approximate surface area is 87.1 Å². The van der Waals surface area contributed by atoms with Crippen LogP contribution in [-0.2, 0) is 4.79 Å². The smallest absolute Gasteiger partial charge is 0.315 e. The van der Waals surface area contributed by atoms with Crippen LogP contribution in [0.5, 0.6) is 0 Å². The fraction of sp³-hybridized carbons (Fsp3) is 0.500. The predicted octanol–water partition coefficient (Wildman–Crippen LogP) is 0.901. The van der Waals surface area contributed by atoms with Gasteiger partial charge in [0.25, 0.3) is 0 Å². The minimum absolute atomic E-state index is 0.116. The second-order valence-corrected chi connectivity index (χ2v) is 3.38.